The maximum atomic E-state index is 13.2. The van der Waals surface area contributed by atoms with Crippen LogP contribution in [0.1, 0.15) is 78.0 Å². The Balaban J connectivity index is 2.31. The van der Waals surface area contributed by atoms with Gasteiger partial charge in [0.15, 0.2) is 0 Å². The summed E-state index contributed by atoms with van der Waals surface area (Å²) < 4.78 is 85.0. The molecular formula is C25H36F6N2O2. The Morgan fingerprint density at radius 2 is 1.57 bits per heavy atom. The van der Waals surface area contributed by atoms with E-state index < -0.39 is 35.2 Å². The van der Waals surface area contributed by atoms with Crippen molar-refractivity contribution < 1.29 is 35.9 Å². The van der Waals surface area contributed by atoms with Gasteiger partial charge in [-0.3, -0.25) is 0 Å². The standard InChI is InChI=1S/C25H36F6N2O2/c1-8-19-12-20(15(4)21(14(2)3)33(19)22(34)35-23(5,6)7)32-13-16-9-17(24(26,27)28)11-18(10-16)25(29,30)31/h9-11,14-15,19-21,32H,8,12-13H2,1-7H3/t15-,19-,20+,21+/m1/s1. The number of hydrogen-bond donors (Lipinski definition) is 1. The summed E-state index contributed by atoms with van der Waals surface area (Å²) in [4.78, 5) is 14.8. The highest BCUT2D eigenvalue weighted by Gasteiger charge is 2.45. The predicted molar refractivity (Wildman–Crippen MR) is 122 cm³/mol. The number of piperidine rings is 1. The van der Waals surface area contributed by atoms with E-state index in [0.29, 0.717) is 12.8 Å². The van der Waals surface area contributed by atoms with Gasteiger partial charge in [-0.1, -0.05) is 27.7 Å². The van der Waals surface area contributed by atoms with E-state index >= 15 is 0 Å². The second kappa shape index (κ2) is 10.6. The summed E-state index contributed by atoms with van der Waals surface area (Å²) in [5.41, 5.74) is -3.43. The van der Waals surface area contributed by atoms with Gasteiger partial charge in [-0.15, -0.1) is 0 Å². The van der Waals surface area contributed by atoms with Gasteiger partial charge in [0, 0.05) is 24.7 Å². The average Bonchev–Trinajstić information content (AvgIpc) is 2.69. The minimum Gasteiger partial charge on any atom is -0.444 e. The number of carbonyl (C=O) groups is 1. The quantitative estimate of drug-likeness (QED) is 0.424. The lowest BCUT2D eigenvalue weighted by molar-refractivity contribution is -0.143. The number of benzene rings is 1. The summed E-state index contributed by atoms with van der Waals surface area (Å²) in [5.74, 6) is -0.0558. The van der Waals surface area contributed by atoms with Gasteiger partial charge in [0.05, 0.1) is 11.1 Å². The van der Waals surface area contributed by atoms with E-state index in [-0.39, 0.29) is 48.1 Å². The molecule has 200 valence electrons. The molecule has 1 aromatic rings. The number of hydrogen-bond acceptors (Lipinski definition) is 3. The Morgan fingerprint density at radius 1 is 1.06 bits per heavy atom. The van der Waals surface area contributed by atoms with Gasteiger partial charge in [0.1, 0.15) is 5.60 Å². The van der Waals surface area contributed by atoms with Gasteiger partial charge in [-0.05, 0) is 69.2 Å². The lowest BCUT2D eigenvalue weighted by Crippen LogP contribution is -2.62. The van der Waals surface area contributed by atoms with Crippen LogP contribution in [0.2, 0.25) is 0 Å². The van der Waals surface area contributed by atoms with Crippen LogP contribution in [0.25, 0.3) is 0 Å². The number of alkyl halides is 6. The van der Waals surface area contributed by atoms with Gasteiger partial charge < -0.3 is 15.0 Å². The van der Waals surface area contributed by atoms with E-state index in [1.54, 1.807) is 25.7 Å². The minimum absolute atomic E-state index is 0.0570. The zero-order valence-electron chi connectivity index (χ0n) is 21.3. The van der Waals surface area contributed by atoms with Crippen molar-refractivity contribution in [3.63, 3.8) is 0 Å². The molecule has 0 saturated carbocycles. The molecule has 0 aliphatic carbocycles. The summed E-state index contributed by atoms with van der Waals surface area (Å²) in [5, 5.41) is 3.19. The number of nitrogens with one attached hydrogen (secondary N) is 1. The minimum atomic E-state index is -4.89. The van der Waals surface area contributed by atoms with Crippen LogP contribution in [0.5, 0.6) is 0 Å². The molecular weight excluding hydrogens is 474 g/mol. The molecule has 1 N–H and O–H groups in total. The molecule has 35 heavy (non-hydrogen) atoms. The largest absolute Gasteiger partial charge is 0.444 e. The molecule has 2 rings (SSSR count). The van der Waals surface area contributed by atoms with Gasteiger partial charge in [-0.25, -0.2) is 4.79 Å². The molecule has 1 aliphatic rings. The van der Waals surface area contributed by atoms with Crippen LogP contribution < -0.4 is 5.32 Å². The van der Waals surface area contributed by atoms with Crippen LogP contribution >= 0.6 is 0 Å². The molecule has 0 spiro atoms. The maximum Gasteiger partial charge on any atom is 0.416 e. The predicted octanol–water partition coefficient (Wildman–Crippen LogP) is 7.26. The van der Waals surface area contributed by atoms with Crippen LogP contribution in [0.15, 0.2) is 18.2 Å². The van der Waals surface area contributed by atoms with Crippen LogP contribution in [-0.4, -0.2) is 34.7 Å². The SMILES string of the molecule is CC[C@@H]1C[C@H](NCc2cc(C(F)(F)F)cc(C(F)(F)F)c2)[C@@H](C)[C@H](C(C)C)N1C(=O)OC(C)(C)C. The number of amides is 1. The molecule has 0 bridgehead atoms. The Hall–Kier alpha value is -1.97. The van der Waals surface area contributed by atoms with Gasteiger partial charge in [0.2, 0.25) is 0 Å². The van der Waals surface area contributed by atoms with Crippen molar-refractivity contribution in [2.24, 2.45) is 11.8 Å². The average molecular weight is 511 g/mol. The molecule has 1 amide bonds. The van der Waals surface area contributed by atoms with E-state index in [4.69, 9.17) is 4.74 Å². The lowest BCUT2D eigenvalue weighted by Gasteiger charge is -2.50. The van der Waals surface area contributed by atoms with E-state index in [2.05, 4.69) is 5.32 Å². The van der Waals surface area contributed by atoms with Crippen LogP contribution in [0.4, 0.5) is 31.1 Å². The fourth-order valence-electron chi connectivity index (χ4n) is 4.87. The number of ether oxygens (including phenoxy) is 1. The summed E-state index contributed by atoms with van der Waals surface area (Å²) in [6, 6.07) is 1.02. The molecule has 1 heterocycles. The highest BCUT2D eigenvalue weighted by molar-refractivity contribution is 5.69. The first-order valence-electron chi connectivity index (χ1n) is 11.9. The number of halogens is 6. The summed E-state index contributed by atoms with van der Waals surface area (Å²) >= 11 is 0. The van der Waals surface area contributed by atoms with Gasteiger partial charge >= 0.3 is 18.4 Å². The van der Waals surface area contributed by atoms with Crippen molar-refractivity contribution in [2.75, 3.05) is 0 Å². The van der Waals surface area contributed by atoms with Gasteiger partial charge in [0.25, 0.3) is 0 Å². The Bertz CT molecular complexity index is 844. The van der Waals surface area contributed by atoms with E-state index in [0.717, 1.165) is 12.1 Å². The third-order valence-electron chi connectivity index (χ3n) is 6.39. The highest BCUT2D eigenvalue weighted by atomic mass is 19.4. The molecule has 1 aromatic carbocycles. The summed E-state index contributed by atoms with van der Waals surface area (Å²) in [6.07, 6.45) is -9.06. The monoisotopic (exact) mass is 510 g/mol. The molecule has 4 nitrogen and oxygen atoms in total. The maximum absolute atomic E-state index is 13.2. The molecule has 0 radical (unpaired) electrons. The number of likely N-dealkylation sites (tertiary alicyclic amines) is 1. The second-order valence-corrected chi connectivity index (χ2v) is 10.7. The lowest BCUT2D eigenvalue weighted by atomic mass is 9.77. The first-order chi connectivity index (χ1) is 15.8. The molecule has 0 aromatic heterocycles. The summed E-state index contributed by atoms with van der Waals surface area (Å²) in [7, 11) is 0. The Kier molecular flexibility index (Phi) is 8.83. The first-order valence-corrected chi connectivity index (χ1v) is 11.9. The van der Waals surface area contributed by atoms with Crippen molar-refractivity contribution in [2.45, 2.75) is 104 Å². The summed E-state index contributed by atoms with van der Waals surface area (Å²) in [6.45, 7) is 13.1. The first kappa shape index (κ1) is 29.3. The number of nitrogens with zero attached hydrogens (tertiary/aromatic N) is 1. The zero-order valence-corrected chi connectivity index (χ0v) is 21.3. The molecule has 1 fully saturated rings. The fraction of sp³-hybridized carbons (Fsp3) is 0.720. The van der Waals surface area contributed by atoms with Crippen molar-refractivity contribution in [1.82, 2.24) is 10.2 Å². The molecule has 10 heteroatoms. The second-order valence-electron chi connectivity index (χ2n) is 10.7. The van der Waals surface area contributed by atoms with E-state index in [1.165, 1.54) is 0 Å². The Labute approximate surface area is 203 Å². The molecule has 0 unspecified atom stereocenters. The van der Waals surface area contributed by atoms with Crippen LogP contribution in [0.3, 0.4) is 0 Å². The van der Waals surface area contributed by atoms with Gasteiger partial charge in [-0.2, -0.15) is 26.3 Å². The third kappa shape index (κ3) is 7.51. The molecule has 1 saturated heterocycles. The van der Waals surface area contributed by atoms with E-state index in [9.17, 15) is 31.1 Å². The van der Waals surface area contributed by atoms with Crippen LogP contribution in [0, 0.1) is 11.8 Å². The van der Waals surface area contributed by atoms with Crippen molar-refractivity contribution in [3.8, 4) is 0 Å². The van der Waals surface area contributed by atoms with Crippen LogP contribution in [-0.2, 0) is 23.6 Å². The van der Waals surface area contributed by atoms with Crippen molar-refractivity contribution >= 4 is 6.09 Å². The van der Waals surface area contributed by atoms with E-state index in [1.807, 2.05) is 27.7 Å². The fourth-order valence-corrected chi connectivity index (χ4v) is 4.87. The normalized spacial score (nSPS) is 24.1. The zero-order chi connectivity index (χ0) is 26.9. The van der Waals surface area contributed by atoms with Crippen molar-refractivity contribution in [3.05, 3.63) is 34.9 Å². The molecule has 1 aliphatic heterocycles. The number of carbonyl (C=O) groups excluding carboxylic acids is 1. The van der Waals surface area contributed by atoms with Crippen molar-refractivity contribution in [1.29, 1.82) is 0 Å². The highest BCUT2D eigenvalue weighted by Crippen LogP contribution is 2.38. The third-order valence-corrected chi connectivity index (χ3v) is 6.39. The Morgan fingerprint density at radius 3 is 1.97 bits per heavy atom. The molecule has 4 atom stereocenters. The number of rotatable bonds is 5. The topological polar surface area (TPSA) is 41.6 Å². The smallest absolute Gasteiger partial charge is 0.416 e.